The van der Waals surface area contributed by atoms with Crippen LogP contribution in [-0.4, -0.2) is 28.3 Å². The van der Waals surface area contributed by atoms with Gasteiger partial charge in [0.05, 0.1) is 5.69 Å². The Hall–Kier alpha value is -1.22. The molecule has 0 saturated carbocycles. The molecule has 3 nitrogen and oxygen atoms in total. The van der Waals surface area contributed by atoms with Crippen molar-refractivity contribution in [1.82, 2.24) is 9.88 Å². The van der Waals surface area contributed by atoms with Crippen LogP contribution < -0.4 is 0 Å². The van der Waals surface area contributed by atoms with Crippen LogP contribution in [-0.2, 0) is 11.3 Å². The van der Waals surface area contributed by atoms with E-state index in [1.54, 1.807) is 6.92 Å². The molecule has 0 aliphatic carbocycles. The van der Waals surface area contributed by atoms with Crippen LogP contribution in [0.5, 0.6) is 0 Å². The first-order valence-electron chi connectivity index (χ1n) is 6.81. The average Bonchev–Trinajstić information content (AvgIpc) is 2.34. The third-order valence-corrected chi connectivity index (χ3v) is 3.74. The lowest BCUT2D eigenvalue weighted by molar-refractivity contribution is -0.118. The third kappa shape index (κ3) is 3.39. The number of piperidine rings is 1. The highest BCUT2D eigenvalue weighted by atomic mass is 16.1. The summed E-state index contributed by atoms with van der Waals surface area (Å²) in [6.07, 6.45) is 6.17. The molecule has 1 aromatic rings. The number of hydrogen-bond donors (Lipinski definition) is 0. The number of ketones is 1. The summed E-state index contributed by atoms with van der Waals surface area (Å²) >= 11 is 0. The Bertz CT molecular complexity index is 417. The second kappa shape index (κ2) is 6.10. The zero-order valence-electron chi connectivity index (χ0n) is 11.4. The predicted molar refractivity (Wildman–Crippen MR) is 72.3 cm³/mol. The Labute approximate surface area is 109 Å². The first-order chi connectivity index (χ1) is 8.66. The number of rotatable bonds is 4. The molecule has 2 heterocycles. The molecule has 1 aromatic heterocycles. The molecule has 1 fully saturated rings. The first kappa shape index (κ1) is 13.2. The highest BCUT2D eigenvalue weighted by molar-refractivity contribution is 5.76. The molecule has 0 N–H and O–H groups in total. The standard InChI is InChI=1S/C15H22N2O/c1-12-6-5-8-16-15(12)11-17-9-4-3-7-14(17)10-13(2)18/h5-6,8,14H,3-4,7,9-11H2,1-2H3. The van der Waals surface area contributed by atoms with Gasteiger partial charge in [-0.3, -0.25) is 14.7 Å². The van der Waals surface area contributed by atoms with Crippen molar-refractivity contribution >= 4 is 5.78 Å². The molecule has 1 unspecified atom stereocenters. The van der Waals surface area contributed by atoms with Gasteiger partial charge in [0.15, 0.2) is 0 Å². The van der Waals surface area contributed by atoms with E-state index in [9.17, 15) is 4.79 Å². The van der Waals surface area contributed by atoms with Gasteiger partial charge in [0, 0.05) is 25.2 Å². The lowest BCUT2D eigenvalue weighted by Gasteiger charge is -2.35. The van der Waals surface area contributed by atoms with Gasteiger partial charge in [0.2, 0.25) is 0 Å². The topological polar surface area (TPSA) is 33.2 Å². The molecule has 0 amide bonds. The Balaban J connectivity index is 2.05. The van der Waals surface area contributed by atoms with Crippen LogP contribution in [0.25, 0.3) is 0 Å². The quantitative estimate of drug-likeness (QED) is 0.819. The Morgan fingerprint density at radius 3 is 3.06 bits per heavy atom. The lowest BCUT2D eigenvalue weighted by Crippen LogP contribution is -2.40. The van der Waals surface area contributed by atoms with Crippen molar-refractivity contribution in [1.29, 1.82) is 0 Å². The minimum atomic E-state index is 0.296. The smallest absolute Gasteiger partial charge is 0.131 e. The number of hydrogen-bond acceptors (Lipinski definition) is 3. The van der Waals surface area contributed by atoms with Crippen molar-refractivity contribution in [2.45, 2.75) is 52.1 Å². The summed E-state index contributed by atoms with van der Waals surface area (Å²) in [4.78, 5) is 18.2. The molecule has 1 aliphatic rings. The molecule has 0 spiro atoms. The molecule has 1 aliphatic heterocycles. The highest BCUT2D eigenvalue weighted by Gasteiger charge is 2.24. The molecule has 1 atom stereocenters. The monoisotopic (exact) mass is 246 g/mol. The van der Waals surface area contributed by atoms with Gasteiger partial charge >= 0.3 is 0 Å². The second-order valence-corrected chi connectivity index (χ2v) is 5.29. The van der Waals surface area contributed by atoms with E-state index in [-0.39, 0.29) is 0 Å². The Morgan fingerprint density at radius 1 is 1.50 bits per heavy atom. The number of aromatic nitrogens is 1. The van der Waals surface area contributed by atoms with Gasteiger partial charge in [-0.2, -0.15) is 0 Å². The lowest BCUT2D eigenvalue weighted by atomic mass is 9.97. The van der Waals surface area contributed by atoms with E-state index in [0.717, 1.165) is 25.2 Å². The predicted octanol–water partition coefficient (Wildman–Crippen LogP) is 2.72. The van der Waals surface area contributed by atoms with E-state index in [1.807, 2.05) is 12.3 Å². The number of aryl methyl sites for hydroxylation is 1. The van der Waals surface area contributed by atoms with E-state index in [2.05, 4.69) is 22.9 Å². The Kier molecular flexibility index (Phi) is 4.48. The largest absolute Gasteiger partial charge is 0.300 e. The average molecular weight is 246 g/mol. The highest BCUT2D eigenvalue weighted by Crippen LogP contribution is 2.22. The molecular weight excluding hydrogens is 224 g/mol. The molecule has 18 heavy (non-hydrogen) atoms. The van der Waals surface area contributed by atoms with Gasteiger partial charge in [0.1, 0.15) is 5.78 Å². The van der Waals surface area contributed by atoms with Crippen LogP contribution in [0.1, 0.15) is 43.9 Å². The normalized spacial score (nSPS) is 20.9. The summed E-state index contributed by atoms with van der Waals surface area (Å²) in [5, 5.41) is 0. The summed E-state index contributed by atoms with van der Waals surface area (Å²) in [6, 6.07) is 4.49. The minimum absolute atomic E-state index is 0.296. The maximum Gasteiger partial charge on any atom is 0.131 e. The first-order valence-corrected chi connectivity index (χ1v) is 6.81. The molecule has 0 aromatic carbocycles. The van der Waals surface area contributed by atoms with E-state index in [4.69, 9.17) is 0 Å². The fourth-order valence-corrected chi connectivity index (χ4v) is 2.71. The number of pyridine rings is 1. The van der Waals surface area contributed by atoms with Crippen LogP contribution in [0.3, 0.4) is 0 Å². The van der Waals surface area contributed by atoms with E-state index in [1.165, 1.54) is 18.4 Å². The van der Waals surface area contributed by atoms with Gasteiger partial charge in [-0.25, -0.2) is 0 Å². The molecule has 98 valence electrons. The van der Waals surface area contributed by atoms with Gasteiger partial charge in [-0.15, -0.1) is 0 Å². The molecule has 3 heteroatoms. The number of Topliss-reactive ketones (excluding diaryl/α,β-unsaturated/α-hetero) is 1. The van der Waals surface area contributed by atoms with Crippen molar-refractivity contribution in [3.8, 4) is 0 Å². The van der Waals surface area contributed by atoms with Crippen molar-refractivity contribution in [3.63, 3.8) is 0 Å². The van der Waals surface area contributed by atoms with Gasteiger partial charge < -0.3 is 0 Å². The van der Waals surface area contributed by atoms with E-state index < -0.39 is 0 Å². The number of carbonyl (C=O) groups is 1. The molecule has 2 rings (SSSR count). The van der Waals surface area contributed by atoms with Crippen molar-refractivity contribution < 1.29 is 4.79 Å². The van der Waals surface area contributed by atoms with Crippen LogP contribution in [0.15, 0.2) is 18.3 Å². The van der Waals surface area contributed by atoms with Crippen molar-refractivity contribution in [3.05, 3.63) is 29.6 Å². The van der Waals surface area contributed by atoms with Crippen molar-refractivity contribution in [2.75, 3.05) is 6.54 Å². The number of nitrogens with zero attached hydrogens (tertiary/aromatic N) is 2. The van der Waals surface area contributed by atoms with Crippen LogP contribution >= 0.6 is 0 Å². The maximum absolute atomic E-state index is 11.3. The summed E-state index contributed by atoms with van der Waals surface area (Å²) in [5.74, 6) is 0.296. The summed E-state index contributed by atoms with van der Waals surface area (Å²) in [5.41, 5.74) is 2.39. The van der Waals surface area contributed by atoms with Crippen LogP contribution in [0.2, 0.25) is 0 Å². The molecule has 0 radical (unpaired) electrons. The zero-order valence-corrected chi connectivity index (χ0v) is 11.4. The van der Waals surface area contributed by atoms with Gasteiger partial charge in [-0.05, 0) is 44.9 Å². The third-order valence-electron chi connectivity index (χ3n) is 3.74. The molecular formula is C15H22N2O. The SMILES string of the molecule is CC(=O)CC1CCCCN1Cc1ncccc1C. The zero-order chi connectivity index (χ0) is 13.0. The Morgan fingerprint density at radius 2 is 2.33 bits per heavy atom. The minimum Gasteiger partial charge on any atom is -0.300 e. The fourth-order valence-electron chi connectivity index (χ4n) is 2.71. The maximum atomic E-state index is 11.3. The second-order valence-electron chi connectivity index (χ2n) is 5.29. The van der Waals surface area contributed by atoms with Crippen LogP contribution in [0, 0.1) is 6.92 Å². The van der Waals surface area contributed by atoms with E-state index >= 15 is 0 Å². The van der Waals surface area contributed by atoms with Gasteiger partial charge in [-0.1, -0.05) is 12.5 Å². The molecule has 1 saturated heterocycles. The summed E-state index contributed by atoms with van der Waals surface area (Å²) < 4.78 is 0. The summed E-state index contributed by atoms with van der Waals surface area (Å²) in [6.45, 7) is 5.77. The van der Waals surface area contributed by atoms with Gasteiger partial charge in [0.25, 0.3) is 0 Å². The fraction of sp³-hybridized carbons (Fsp3) is 0.600. The van der Waals surface area contributed by atoms with Crippen molar-refractivity contribution in [2.24, 2.45) is 0 Å². The van der Waals surface area contributed by atoms with E-state index in [0.29, 0.717) is 18.2 Å². The molecule has 0 bridgehead atoms. The number of carbonyl (C=O) groups excluding carboxylic acids is 1. The number of likely N-dealkylation sites (tertiary alicyclic amines) is 1. The summed E-state index contributed by atoms with van der Waals surface area (Å²) in [7, 11) is 0. The van der Waals surface area contributed by atoms with Crippen LogP contribution in [0.4, 0.5) is 0 Å².